The van der Waals surface area contributed by atoms with Gasteiger partial charge in [-0.2, -0.15) is 0 Å². The Hall–Kier alpha value is -0.200. The molecule has 0 unspecified atom stereocenters. The molecule has 0 aliphatic rings. The maximum atomic E-state index is 10.4. The van der Waals surface area contributed by atoms with Gasteiger partial charge in [0, 0.05) is 14.1 Å². The van der Waals surface area contributed by atoms with Crippen LogP contribution in [0.3, 0.4) is 0 Å². The first-order chi connectivity index (χ1) is 3.55. The number of hydrazine groups is 2. The highest BCUT2D eigenvalue weighted by Gasteiger charge is 1.87. The largest absolute Gasteiger partial charge is 0.759 e. The smallest absolute Gasteiger partial charge is 0.00182 e. The molecule has 0 radical (unpaired) electrons. The highest BCUT2D eigenvalue weighted by Crippen LogP contribution is 1.90. The molecule has 8 heavy (non-hydrogen) atoms. The van der Waals surface area contributed by atoms with Crippen LogP contribution in [-0.2, 0) is 0 Å². The molecule has 0 rings (SSSR count). The molecule has 5 heteroatoms. The molecular formula is C3H10N4O-2. The summed E-state index contributed by atoms with van der Waals surface area (Å²) in [5, 5.41) is 12.8. The third-order valence-corrected chi connectivity index (χ3v) is 0.599. The zero-order chi connectivity index (χ0) is 6.73. The summed E-state index contributed by atoms with van der Waals surface area (Å²) >= 11 is 0. The Morgan fingerprint density at radius 1 is 1.25 bits per heavy atom. The summed E-state index contributed by atoms with van der Waals surface area (Å²) in [6.45, 7) is 0. The van der Waals surface area contributed by atoms with E-state index in [-0.39, 0.29) is 0 Å². The lowest BCUT2D eigenvalue weighted by Gasteiger charge is -2.45. The van der Waals surface area contributed by atoms with Gasteiger partial charge in [0.1, 0.15) is 0 Å². The van der Waals surface area contributed by atoms with Crippen LogP contribution in [0.1, 0.15) is 0 Å². The minimum absolute atomic E-state index is 0.417. The van der Waals surface area contributed by atoms with Crippen molar-refractivity contribution in [3.8, 4) is 0 Å². The van der Waals surface area contributed by atoms with Crippen molar-refractivity contribution >= 4 is 0 Å². The zero-order valence-electron chi connectivity index (χ0n) is 5.25. The molecule has 5 nitrogen and oxygen atoms in total. The third kappa shape index (κ3) is 2.20. The normalized spacial score (nSPS) is 12.0. The van der Waals surface area contributed by atoms with E-state index < -0.39 is 0 Å². The molecule has 0 aliphatic heterocycles. The molecule has 0 aromatic heterocycles. The average Bonchev–Trinajstić information content (AvgIpc) is 1.64. The van der Waals surface area contributed by atoms with Crippen molar-refractivity contribution in [1.29, 1.82) is 0 Å². The molecule has 0 spiro atoms. The molecule has 0 saturated heterocycles. The molecule has 0 bridgehead atoms. The van der Waals surface area contributed by atoms with Gasteiger partial charge in [-0.1, -0.05) is 0 Å². The second kappa shape index (κ2) is 2.95. The molecule has 0 aromatic carbocycles. The van der Waals surface area contributed by atoms with Gasteiger partial charge in [0.05, 0.1) is 0 Å². The van der Waals surface area contributed by atoms with Gasteiger partial charge in [0.2, 0.25) is 0 Å². The van der Waals surface area contributed by atoms with Crippen LogP contribution in [0, 0.1) is 5.21 Å². The summed E-state index contributed by atoms with van der Waals surface area (Å²) in [6.07, 6.45) is 0. The molecule has 50 valence electrons. The van der Waals surface area contributed by atoms with E-state index >= 15 is 0 Å². The van der Waals surface area contributed by atoms with Crippen molar-refractivity contribution < 1.29 is 0 Å². The SMILES string of the molecule is CN(C)N([O-])N(C)[NH-]. The van der Waals surface area contributed by atoms with Crippen molar-refractivity contribution in [2.75, 3.05) is 21.1 Å². The fourth-order valence-corrected chi connectivity index (χ4v) is 0.268. The zero-order valence-corrected chi connectivity index (χ0v) is 5.25. The second-order valence-corrected chi connectivity index (χ2v) is 1.62. The fourth-order valence-electron chi connectivity index (χ4n) is 0.268. The van der Waals surface area contributed by atoms with Crippen LogP contribution in [-0.4, -0.2) is 36.6 Å². The quantitative estimate of drug-likeness (QED) is 0.482. The van der Waals surface area contributed by atoms with Crippen molar-refractivity contribution in [2.45, 2.75) is 0 Å². The van der Waals surface area contributed by atoms with Crippen molar-refractivity contribution in [3.05, 3.63) is 11.0 Å². The standard InChI is InChI=1S/C3H10N4O/c1-5(2)7(8)6(3)4/h4H,1-3H3/q-2. The highest BCUT2D eigenvalue weighted by molar-refractivity contribution is 4.44. The van der Waals surface area contributed by atoms with Gasteiger partial charge in [-0.05, 0) is 7.05 Å². The number of hydrogen-bond acceptors (Lipinski definition) is 4. The Bertz CT molecular complexity index is 56.3. The molecule has 0 amide bonds. The fraction of sp³-hybridized carbons (Fsp3) is 1.00. The van der Waals surface area contributed by atoms with E-state index in [4.69, 9.17) is 5.84 Å². The van der Waals surface area contributed by atoms with E-state index in [1.54, 1.807) is 14.1 Å². The van der Waals surface area contributed by atoms with E-state index in [9.17, 15) is 5.21 Å². The number of hydrogen-bond donors (Lipinski definition) is 0. The maximum absolute atomic E-state index is 10.4. The molecule has 0 atom stereocenters. The van der Waals surface area contributed by atoms with Gasteiger partial charge in [0.15, 0.2) is 0 Å². The van der Waals surface area contributed by atoms with Gasteiger partial charge in [0.25, 0.3) is 0 Å². The van der Waals surface area contributed by atoms with Gasteiger partial charge in [-0.25, -0.2) is 5.01 Å². The van der Waals surface area contributed by atoms with E-state index in [0.29, 0.717) is 10.4 Å². The Balaban J connectivity index is 3.46. The summed E-state index contributed by atoms with van der Waals surface area (Å²) in [5.41, 5.74) is 0. The average molecular weight is 118 g/mol. The summed E-state index contributed by atoms with van der Waals surface area (Å²) < 4.78 is 0. The van der Waals surface area contributed by atoms with Gasteiger partial charge < -0.3 is 16.2 Å². The van der Waals surface area contributed by atoms with Crippen molar-refractivity contribution in [1.82, 2.24) is 15.4 Å². The molecule has 0 fully saturated rings. The van der Waals surface area contributed by atoms with Crippen LogP contribution in [0.15, 0.2) is 0 Å². The lowest BCUT2D eigenvalue weighted by atomic mass is 11.2. The predicted octanol–water partition coefficient (Wildman–Crippen LogP) is 0.0768. The minimum Gasteiger partial charge on any atom is -0.759 e. The predicted molar refractivity (Wildman–Crippen MR) is 31.0 cm³/mol. The van der Waals surface area contributed by atoms with E-state index in [2.05, 4.69) is 0 Å². The van der Waals surface area contributed by atoms with E-state index in [0.717, 1.165) is 0 Å². The number of nitrogens with one attached hydrogen (secondary N) is 1. The Morgan fingerprint density at radius 2 is 1.62 bits per heavy atom. The van der Waals surface area contributed by atoms with Crippen LogP contribution in [0.25, 0.3) is 5.84 Å². The summed E-state index contributed by atoms with van der Waals surface area (Å²) in [7, 11) is 4.49. The first kappa shape index (κ1) is 7.80. The molecule has 1 N–H and O–H groups in total. The summed E-state index contributed by atoms with van der Waals surface area (Å²) in [6, 6.07) is 0. The first-order valence-corrected chi connectivity index (χ1v) is 2.15. The van der Waals surface area contributed by atoms with Crippen molar-refractivity contribution in [2.24, 2.45) is 0 Å². The van der Waals surface area contributed by atoms with Crippen LogP contribution < -0.4 is 0 Å². The van der Waals surface area contributed by atoms with Crippen LogP contribution in [0.2, 0.25) is 0 Å². The maximum Gasteiger partial charge on any atom is 0.00182 e. The van der Waals surface area contributed by atoms with Gasteiger partial charge in [-0.15, -0.1) is 0 Å². The summed E-state index contributed by atoms with van der Waals surface area (Å²) in [5.74, 6) is 6.72. The van der Waals surface area contributed by atoms with Gasteiger partial charge in [-0.3, -0.25) is 5.28 Å². The third-order valence-electron chi connectivity index (χ3n) is 0.599. The van der Waals surface area contributed by atoms with Crippen LogP contribution >= 0.6 is 0 Å². The first-order valence-electron chi connectivity index (χ1n) is 2.15. The lowest BCUT2D eigenvalue weighted by Crippen LogP contribution is -2.39. The Labute approximate surface area is 48.7 Å². The number of rotatable bonds is 2. The molecule has 0 heterocycles. The topological polar surface area (TPSA) is 56.6 Å². The van der Waals surface area contributed by atoms with E-state index in [1.165, 1.54) is 12.1 Å². The lowest BCUT2D eigenvalue weighted by molar-refractivity contribution is -0.0713. The van der Waals surface area contributed by atoms with Crippen LogP contribution in [0.5, 0.6) is 0 Å². The Morgan fingerprint density at radius 3 is 1.62 bits per heavy atom. The minimum atomic E-state index is 0.417. The second-order valence-electron chi connectivity index (χ2n) is 1.62. The molecular weight excluding hydrogens is 108 g/mol. The Kier molecular flexibility index (Phi) is 2.88. The van der Waals surface area contributed by atoms with Crippen molar-refractivity contribution in [3.63, 3.8) is 0 Å². The molecule has 0 aliphatic carbocycles. The van der Waals surface area contributed by atoms with Crippen LogP contribution in [0.4, 0.5) is 0 Å². The molecule has 0 saturated carbocycles. The summed E-state index contributed by atoms with van der Waals surface area (Å²) in [4.78, 5) is 0. The highest BCUT2D eigenvalue weighted by atomic mass is 16.6. The number of nitrogens with zero attached hydrogens (tertiary/aromatic N) is 3. The van der Waals surface area contributed by atoms with E-state index in [1.807, 2.05) is 0 Å². The monoisotopic (exact) mass is 118 g/mol. The molecule has 0 aromatic rings. The van der Waals surface area contributed by atoms with Gasteiger partial charge >= 0.3 is 0 Å².